The van der Waals surface area contributed by atoms with E-state index in [0.717, 1.165) is 22.3 Å². The lowest BCUT2D eigenvalue weighted by molar-refractivity contribution is -0.120. The fraction of sp³-hybridized carbons (Fsp3) is 0.171. The number of halogens is 3. The molecule has 1 heterocycles. The Morgan fingerprint density at radius 3 is 1.76 bits per heavy atom. The van der Waals surface area contributed by atoms with Crippen molar-refractivity contribution in [1.82, 2.24) is 0 Å². The van der Waals surface area contributed by atoms with Crippen molar-refractivity contribution in [1.29, 1.82) is 0 Å². The van der Waals surface area contributed by atoms with Gasteiger partial charge < -0.3 is 9.47 Å². The van der Waals surface area contributed by atoms with Crippen molar-refractivity contribution in [2.45, 2.75) is 34.3 Å². The van der Waals surface area contributed by atoms with Gasteiger partial charge in [-0.25, -0.2) is 0 Å². The van der Waals surface area contributed by atoms with Crippen LogP contribution in [0.4, 0.5) is 11.4 Å². The van der Waals surface area contributed by atoms with E-state index >= 15 is 0 Å². The van der Waals surface area contributed by atoms with Crippen molar-refractivity contribution >= 4 is 81.4 Å². The van der Waals surface area contributed by atoms with E-state index < -0.39 is 11.8 Å². The number of nitrogens with zero attached hydrogens (tertiary/aromatic N) is 2. The normalized spacial score (nSPS) is 13.4. The monoisotopic (exact) mass is 678 g/mol. The highest BCUT2D eigenvalue weighted by molar-refractivity contribution is 7.81. The molecule has 0 spiro atoms. The smallest absolute Gasteiger partial charge is 0.270 e. The van der Waals surface area contributed by atoms with Crippen LogP contribution in [0.1, 0.15) is 33.4 Å². The number of ether oxygens (including phenoxy) is 2. The maximum absolute atomic E-state index is 14.1. The lowest BCUT2D eigenvalue weighted by Crippen LogP contribution is -2.57. The molecule has 4 aromatic rings. The van der Waals surface area contributed by atoms with Crippen LogP contribution in [0.3, 0.4) is 0 Å². The molecule has 0 bridgehead atoms. The van der Waals surface area contributed by atoms with Gasteiger partial charge in [0.05, 0.1) is 23.5 Å². The number of aryl methyl sites for hydroxylation is 4. The zero-order valence-electron chi connectivity index (χ0n) is 25.2. The van der Waals surface area contributed by atoms with Crippen LogP contribution < -0.4 is 19.3 Å². The Bertz CT molecular complexity index is 1790. The van der Waals surface area contributed by atoms with E-state index in [1.54, 1.807) is 30.3 Å². The molecule has 6 nitrogen and oxygen atoms in total. The van der Waals surface area contributed by atoms with Crippen molar-refractivity contribution < 1.29 is 19.1 Å². The first kappa shape index (κ1) is 32.5. The first-order valence-electron chi connectivity index (χ1n) is 13.9. The summed E-state index contributed by atoms with van der Waals surface area (Å²) in [6.45, 7) is 7.87. The highest BCUT2D eigenvalue weighted by atomic mass is 35.5. The molecule has 5 rings (SSSR count). The van der Waals surface area contributed by atoms with Gasteiger partial charge in [0.15, 0.2) is 16.6 Å². The summed E-state index contributed by atoms with van der Waals surface area (Å²) < 4.78 is 11.6. The molecule has 0 aliphatic carbocycles. The lowest BCUT2D eigenvalue weighted by atomic mass is 10.0. The highest BCUT2D eigenvalue weighted by Gasteiger charge is 2.41. The second-order valence-electron chi connectivity index (χ2n) is 10.9. The van der Waals surface area contributed by atoms with Crippen LogP contribution in [-0.4, -0.2) is 24.0 Å². The molecule has 10 heteroatoms. The van der Waals surface area contributed by atoms with Gasteiger partial charge in [-0.2, -0.15) is 0 Å². The van der Waals surface area contributed by atoms with Crippen molar-refractivity contribution in [2.24, 2.45) is 0 Å². The molecule has 1 aliphatic rings. The molecule has 0 aromatic heterocycles. The van der Waals surface area contributed by atoms with E-state index in [1.807, 2.05) is 64.1 Å². The number of methoxy groups -OCH3 is 1. The molecule has 0 saturated carbocycles. The van der Waals surface area contributed by atoms with Crippen LogP contribution >= 0.6 is 47.0 Å². The Hall–Kier alpha value is -3.88. The minimum atomic E-state index is -0.552. The number of hydrogen-bond donors (Lipinski definition) is 0. The fourth-order valence-electron chi connectivity index (χ4n) is 5.26. The number of carbonyl (C=O) groups excluding carboxylic acids is 2. The minimum Gasteiger partial charge on any atom is -0.493 e. The van der Waals surface area contributed by atoms with Crippen LogP contribution in [0, 0.1) is 27.7 Å². The van der Waals surface area contributed by atoms with Gasteiger partial charge in [0.1, 0.15) is 12.2 Å². The standard InChI is InChI=1S/C35H29Cl3N2O4S/c1-19-8-20(2)11-26(10-19)39-33(41)28(34(42)40(35(39)45)27-12-21(3)9-22(4)13-27)14-23-15-30(38)32(31(16-23)43-5)44-18-24-6-7-25(36)17-29(24)37/h6-17H,18H2,1-5H3. The number of carbonyl (C=O) groups is 2. The van der Waals surface area contributed by atoms with E-state index in [1.165, 1.54) is 23.0 Å². The molecule has 1 aliphatic heterocycles. The van der Waals surface area contributed by atoms with Gasteiger partial charge in [-0.1, -0.05) is 53.0 Å². The molecule has 1 saturated heterocycles. The average Bonchev–Trinajstić information content (AvgIpc) is 2.94. The van der Waals surface area contributed by atoms with Gasteiger partial charge in [-0.3, -0.25) is 19.4 Å². The molecule has 4 aromatic carbocycles. The fourth-order valence-corrected chi connectivity index (χ4v) is 6.38. The molecular formula is C35H29Cl3N2O4S. The molecule has 0 N–H and O–H groups in total. The third-order valence-electron chi connectivity index (χ3n) is 7.13. The van der Waals surface area contributed by atoms with Gasteiger partial charge >= 0.3 is 0 Å². The number of thiocarbonyl (C=S) groups is 1. The summed E-state index contributed by atoms with van der Waals surface area (Å²) in [6, 6.07) is 19.8. The Kier molecular flexibility index (Phi) is 9.56. The van der Waals surface area contributed by atoms with Crippen LogP contribution in [0.15, 0.2) is 72.3 Å². The molecule has 2 amide bonds. The van der Waals surface area contributed by atoms with Crippen LogP contribution in [0.2, 0.25) is 15.1 Å². The second-order valence-corrected chi connectivity index (χ2v) is 12.5. The number of anilines is 2. The highest BCUT2D eigenvalue weighted by Crippen LogP contribution is 2.39. The van der Waals surface area contributed by atoms with Gasteiger partial charge in [-0.05, 0) is 122 Å². The predicted molar refractivity (Wildman–Crippen MR) is 186 cm³/mol. The Balaban J connectivity index is 1.59. The molecule has 230 valence electrons. The topological polar surface area (TPSA) is 59.1 Å². The zero-order chi connectivity index (χ0) is 32.6. The average molecular weight is 680 g/mol. The number of hydrogen-bond acceptors (Lipinski definition) is 5. The maximum Gasteiger partial charge on any atom is 0.270 e. The van der Waals surface area contributed by atoms with Gasteiger partial charge in [0.25, 0.3) is 11.8 Å². The maximum atomic E-state index is 14.1. The van der Waals surface area contributed by atoms with Crippen LogP contribution in [0.5, 0.6) is 11.5 Å². The summed E-state index contributed by atoms with van der Waals surface area (Å²) in [5, 5.41) is 1.25. The van der Waals surface area contributed by atoms with Crippen molar-refractivity contribution in [3.63, 3.8) is 0 Å². The summed E-state index contributed by atoms with van der Waals surface area (Å²) in [6.07, 6.45) is 1.49. The van der Waals surface area contributed by atoms with Crippen LogP contribution in [-0.2, 0) is 16.2 Å². The number of rotatable bonds is 7. The Morgan fingerprint density at radius 1 is 0.733 bits per heavy atom. The van der Waals surface area contributed by atoms with E-state index in [2.05, 4.69) is 0 Å². The second kappa shape index (κ2) is 13.2. The van der Waals surface area contributed by atoms with Gasteiger partial charge in [0.2, 0.25) is 0 Å². The van der Waals surface area contributed by atoms with E-state index in [4.69, 9.17) is 56.5 Å². The molecule has 45 heavy (non-hydrogen) atoms. The lowest BCUT2D eigenvalue weighted by Gasteiger charge is -2.37. The van der Waals surface area contributed by atoms with E-state index in [0.29, 0.717) is 38.3 Å². The number of benzene rings is 4. The third-order valence-corrected chi connectivity index (χ3v) is 8.36. The molecule has 0 radical (unpaired) electrons. The van der Waals surface area contributed by atoms with E-state index in [9.17, 15) is 9.59 Å². The minimum absolute atomic E-state index is 0.0670. The van der Waals surface area contributed by atoms with Crippen LogP contribution in [0.25, 0.3) is 6.08 Å². The molecular weight excluding hydrogens is 651 g/mol. The SMILES string of the molecule is COc1cc(C=C2C(=O)N(c3cc(C)cc(C)c3)C(=S)N(c3cc(C)cc(C)c3)C2=O)cc(Cl)c1OCc1ccc(Cl)cc1Cl. The summed E-state index contributed by atoms with van der Waals surface area (Å²) in [7, 11) is 1.48. The van der Waals surface area contributed by atoms with Crippen molar-refractivity contribution in [2.75, 3.05) is 16.9 Å². The molecule has 0 unspecified atom stereocenters. The largest absolute Gasteiger partial charge is 0.493 e. The first-order chi connectivity index (χ1) is 21.4. The molecule has 1 fully saturated rings. The van der Waals surface area contributed by atoms with Crippen molar-refractivity contribution in [3.05, 3.63) is 121 Å². The predicted octanol–water partition coefficient (Wildman–Crippen LogP) is 9.22. The first-order valence-corrected chi connectivity index (χ1v) is 15.5. The quantitative estimate of drug-likeness (QED) is 0.111. The number of amides is 2. The summed E-state index contributed by atoms with van der Waals surface area (Å²) >= 11 is 24.8. The van der Waals surface area contributed by atoms with Gasteiger partial charge in [-0.15, -0.1) is 0 Å². The summed E-state index contributed by atoms with van der Waals surface area (Å²) in [5.41, 5.74) is 6.01. The Labute approximate surface area is 282 Å². The summed E-state index contributed by atoms with van der Waals surface area (Å²) in [4.78, 5) is 31.0. The van der Waals surface area contributed by atoms with E-state index in [-0.39, 0.29) is 28.1 Å². The molecule has 0 atom stereocenters. The Morgan fingerprint density at radius 2 is 1.27 bits per heavy atom. The zero-order valence-corrected chi connectivity index (χ0v) is 28.3. The summed E-state index contributed by atoms with van der Waals surface area (Å²) in [5.74, 6) is -0.515. The van der Waals surface area contributed by atoms with Crippen molar-refractivity contribution in [3.8, 4) is 11.5 Å². The van der Waals surface area contributed by atoms with Gasteiger partial charge in [0, 0.05) is 15.6 Å². The third kappa shape index (κ3) is 6.87.